The predicted octanol–water partition coefficient (Wildman–Crippen LogP) is 4.30. The molecule has 0 saturated carbocycles. The van der Waals surface area contributed by atoms with Gasteiger partial charge in [0.2, 0.25) is 0 Å². The van der Waals surface area contributed by atoms with Crippen molar-refractivity contribution in [2.24, 2.45) is 0 Å². The number of unbranched alkanes of at least 4 members (excludes halogenated alkanes) is 2. The van der Waals surface area contributed by atoms with Gasteiger partial charge in [0, 0.05) is 5.56 Å². The smallest absolute Gasteiger partial charge is 0.126 e. The van der Waals surface area contributed by atoms with Gasteiger partial charge in [-0.2, -0.15) is 0 Å². The van der Waals surface area contributed by atoms with Crippen LogP contribution in [0.25, 0.3) is 5.57 Å². The average Bonchev–Trinajstić information content (AvgIpc) is 2.38. The largest absolute Gasteiger partial charge is 0.497 e. The molecule has 94 valence electrons. The number of hydrogen-bond acceptors (Lipinski definition) is 2. The van der Waals surface area contributed by atoms with Gasteiger partial charge in [0.1, 0.15) is 11.5 Å². The third kappa shape index (κ3) is 3.81. The molecule has 0 aliphatic rings. The van der Waals surface area contributed by atoms with Gasteiger partial charge in [-0.25, -0.2) is 0 Å². The lowest BCUT2D eigenvalue weighted by atomic mass is 10.00. The molecule has 2 nitrogen and oxygen atoms in total. The minimum atomic E-state index is 0.845. The summed E-state index contributed by atoms with van der Waals surface area (Å²) < 4.78 is 10.6. The third-order valence-corrected chi connectivity index (χ3v) is 2.87. The first-order chi connectivity index (χ1) is 8.22. The van der Waals surface area contributed by atoms with Crippen molar-refractivity contribution in [3.05, 3.63) is 30.3 Å². The first-order valence-corrected chi connectivity index (χ1v) is 6.13. The number of benzene rings is 1. The maximum absolute atomic E-state index is 5.36. The Labute approximate surface area is 104 Å². The summed E-state index contributed by atoms with van der Waals surface area (Å²) in [4.78, 5) is 0. The molecule has 0 N–H and O–H groups in total. The summed E-state index contributed by atoms with van der Waals surface area (Å²) in [6, 6.07) is 5.83. The number of allylic oxidation sites excluding steroid dienone is 1. The van der Waals surface area contributed by atoms with E-state index in [0.717, 1.165) is 29.1 Å². The minimum absolute atomic E-state index is 0.845. The Morgan fingerprint density at radius 3 is 2.53 bits per heavy atom. The fourth-order valence-corrected chi connectivity index (χ4v) is 1.81. The molecule has 0 heterocycles. The molecule has 0 unspecified atom stereocenters. The molecule has 17 heavy (non-hydrogen) atoms. The van der Waals surface area contributed by atoms with Crippen LogP contribution in [0, 0.1) is 0 Å². The van der Waals surface area contributed by atoms with Crippen LogP contribution in [0.3, 0.4) is 0 Å². The average molecular weight is 234 g/mol. The van der Waals surface area contributed by atoms with E-state index in [1.807, 2.05) is 18.2 Å². The lowest BCUT2D eigenvalue weighted by Crippen LogP contribution is -1.93. The highest BCUT2D eigenvalue weighted by Crippen LogP contribution is 2.31. The van der Waals surface area contributed by atoms with Crippen LogP contribution in [0.2, 0.25) is 0 Å². The molecule has 1 aromatic carbocycles. The molecule has 1 aromatic rings. The third-order valence-electron chi connectivity index (χ3n) is 2.87. The molecular weight excluding hydrogens is 212 g/mol. The van der Waals surface area contributed by atoms with Crippen molar-refractivity contribution in [3.63, 3.8) is 0 Å². The van der Waals surface area contributed by atoms with Gasteiger partial charge in [-0.05, 0) is 36.6 Å². The van der Waals surface area contributed by atoms with E-state index in [0.29, 0.717) is 0 Å². The Bertz CT molecular complexity index is 369. The van der Waals surface area contributed by atoms with Crippen LogP contribution >= 0.6 is 0 Å². The predicted molar refractivity (Wildman–Crippen MR) is 72.7 cm³/mol. The molecule has 2 heteroatoms. The first kappa shape index (κ1) is 13.6. The molecule has 0 amide bonds. The molecule has 0 saturated heterocycles. The van der Waals surface area contributed by atoms with Gasteiger partial charge in [-0.3, -0.25) is 0 Å². The quantitative estimate of drug-likeness (QED) is 0.655. The molecule has 0 fully saturated rings. The second-order valence-electron chi connectivity index (χ2n) is 4.13. The summed E-state index contributed by atoms with van der Waals surface area (Å²) in [6.45, 7) is 6.35. The second kappa shape index (κ2) is 7.00. The van der Waals surface area contributed by atoms with E-state index in [9.17, 15) is 0 Å². The highest BCUT2D eigenvalue weighted by Gasteiger charge is 2.08. The highest BCUT2D eigenvalue weighted by atomic mass is 16.5. The molecule has 0 aromatic heterocycles. The normalized spacial score (nSPS) is 10.1. The van der Waals surface area contributed by atoms with E-state index in [-0.39, 0.29) is 0 Å². The zero-order chi connectivity index (χ0) is 12.7. The van der Waals surface area contributed by atoms with Crippen LogP contribution in [-0.4, -0.2) is 14.2 Å². The minimum Gasteiger partial charge on any atom is -0.497 e. The van der Waals surface area contributed by atoms with Crippen molar-refractivity contribution in [2.75, 3.05) is 14.2 Å². The maximum Gasteiger partial charge on any atom is 0.126 e. The summed E-state index contributed by atoms with van der Waals surface area (Å²) in [5, 5.41) is 0. The SMILES string of the molecule is C=C(CCCCC)c1cc(OC)ccc1OC. The van der Waals surface area contributed by atoms with E-state index in [1.54, 1.807) is 14.2 Å². The Kier molecular flexibility index (Phi) is 5.61. The fraction of sp³-hybridized carbons (Fsp3) is 0.467. The highest BCUT2D eigenvalue weighted by molar-refractivity contribution is 5.70. The van der Waals surface area contributed by atoms with Crippen LogP contribution in [0.4, 0.5) is 0 Å². The summed E-state index contributed by atoms with van der Waals surface area (Å²) in [5.74, 6) is 1.71. The van der Waals surface area contributed by atoms with E-state index >= 15 is 0 Å². The molecule has 0 aliphatic carbocycles. The lowest BCUT2D eigenvalue weighted by Gasteiger charge is -2.12. The van der Waals surface area contributed by atoms with Gasteiger partial charge in [0.15, 0.2) is 0 Å². The lowest BCUT2D eigenvalue weighted by molar-refractivity contribution is 0.402. The Balaban J connectivity index is 2.82. The van der Waals surface area contributed by atoms with Gasteiger partial charge < -0.3 is 9.47 Å². The van der Waals surface area contributed by atoms with E-state index in [4.69, 9.17) is 9.47 Å². The summed E-state index contributed by atoms with van der Waals surface area (Å²) >= 11 is 0. The molecule has 0 bridgehead atoms. The standard InChI is InChI=1S/C15H22O2/c1-5-6-7-8-12(2)14-11-13(16-3)9-10-15(14)17-4/h9-11H,2,5-8H2,1,3-4H3. The van der Waals surface area contributed by atoms with Gasteiger partial charge in [-0.15, -0.1) is 0 Å². The first-order valence-electron chi connectivity index (χ1n) is 6.13. The van der Waals surface area contributed by atoms with Crippen molar-refractivity contribution < 1.29 is 9.47 Å². The maximum atomic E-state index is 5.36. The number of rotatable bonds is 7. The molecule has 0 radical (unpaired) electrons. The number of methoxy groups -OCH3 is 2. The number of ether oxygens (including phenoxy) is 2. The van der Waals surface area contributed by atoms with Crippen LogP contribution in [0.15, 0.2) is 24.8 Å². The van der Waals surface area contributed by atoms with Gasteiger partial charge >= 0.3 is 0 Å². The summed E-state index contributed by atoms with van der Waals surface area (Å²) in [7, 11) is 3.36. The van der Waals surface area contributed by atoms with Gasteiger partial charge in [-0.1, -0.05) is 26.3 Å². The van der Waals surface area contributed by atoms with Crippen LogP contribution in [0.5, 0.6) is 11.5 Å². The molecular formula is C15H22O2. The summed E-state index contributed by atoms with van der Waals surface area (Å²) in [6.07, 6.45) is 4.65. The van der Waals surface area contributed by atoms with Crippen LogP contribution < -0.4 is 9.47 Å². The van der Waals surface area contributed by atoms with Crippen LogP contribution in [0.1, 0.15) is 38.2 Å². The van der Waals surface area contributed by atoms with Crippen molar-refractivity contribution in [2.45, 2.75) is 32.6 Å². The van der Waals surface area contributed by atoms with Crippen molar-refractivity contribution >= 4 is 5.57 Å². The molecule has 0 atom stereocenters. The van der Waals surface area contributed by atoms with Crippen molar-refractivity contribution in [3.8, 4) is 11.5 Å². The van der Waals surface area contributed by atoms with E-state index < -0.39 is 0 Å². The van der Waals surface area contributed by atoms with E-state index in [1.165, 1.54) is 19.3 Å². The van der Waals surface area contributed by atoms with E-state index in [2.05, 4.69) is 13.5 Å². The zero-order valence-corrected chi connectivity index (χ0v) is 11.1. The Morgan fingerprint density at radius 2 is 1.94 bits per heavy atom. The Hall–Kier alpha value is -1.44. The van der Waals surface area contributed by atoms with Gasteiger partial charge in [0.25, 0.3) is 0 Å². The Morgan fingerprint density at radius 1 is 1.18 bits per heavy atom. The monoisotopic (exact) mass is 234 g/mol. The zero-order valence-electron chi connectivity index (χ0n) is 11.1. The summed E-state index contributed by atoms with van der Waals surface area (Å²) in [5.41, 5.74) is 2.18. The molecule has 1 rings (SSSR count). The molecule has 0 aliphatic heterocycles. The van der Waals surface area contributed by atoms with Crippen LogP contribution in [-0.2, 0) is 0 Å². The van der Waals surface area contributed by atoms with Crippen molar-refractivity contribution in [1.29, 1.82) is 0 Å². The topological polar surface area (TPSA) is 18.5 Å². The number of hydrogen-bond donors (Lipinski definition) is 0. The fourth-order valence-electron chi connectivity index (χ4n) is 1.81. The van der Waals surface area contributed by atoms with Gasteiger partial charge in [0.05, 0.1) is 14.2 Å². The van der Waals surface area contributed by atoms with Crippen molar-refractivity contribution in [1.82, 2.24) is 0 Å². The second-order valence-corrected chi connectivity index (χ2v) is 4.13. The molecule has 0 spiro atoms.